The number of benzene rings is 1. The largest absolute Gasteiger partial charge is 0.455 e. The van der Waals surface area contributed by atoms with Gasteiger partial charge in [0, 0.05) is 52.5 Å². The molecule has 0 bridgehead atoms. The number of carbonyl (C=O) groups is 1. The Kier molecular flexibility index (Phi) is 8.77. The van der Waals surface area contributed by atoms with Crippen LogP contribution in [0.3, 0.4) is 0 Å². The van der Waals surface area contributed by atoms with Gasteiger partial charge in [0.05, 0.1) is 29.8 Å². The fraction of sp³-hybridized carbons (Fsp3) is 0.444. The van der Waals surface area contributed by atoms with Crippen molar-refractivity contribution in [3.63, 3.8) is 0 Å². The number of para-hydroxylation sites is 1. The Bertz CT molecular complexity index is 1230. The van der Waals surface area contributed by atoms with E-state index in [1.807, 2.05) is 18.2 Å². The van der Waals surface area contributed by atoms with Gasteiger partial charge >= 0.3 is 0 Å². The van der Waals surface area contributed by atoms with Crippen LogP contribution in [0.5, 0.6) is 0 Å². The number of amides is 1. The van der Waals surface area contributed by atoms with Crippen LogP contribution in [0.4, 0.5) is 15.9 Å². The minimum atomic E-state index is -0.244. The lowest BCUT2D eigenvalue weighted by Crippen LogP contribution is -2.47. The molecule has 1 atom stereocenters. The number of hydrogen-bond acceptors (Lipinski definition) is 9. The quantitative estimate of drug-likeness (QED) is 0.303. The number of methoxy groups -OCH3 is 1. The Morgan fingerprint density at radius 3 is 2.74 bits per heavy atom. The van der Waals surface area contributed by atoms with E-state index in [0.29, 0.717) is 61.7 Å². The summed E-state index contributed by atoms with van der Waals surface area (Å²) in [4.78, 5) is 26.1. The zero-order chi connectivity index (χ0) is 26.3. The van der Waals surface area contributed by atoms with E-state index in [4.69, 9.17) is 18.9 Å². The molecule has 1 aromatic carbocycles. The molecule has 2 aliphatic rings. The lowest BCUT2D eigenvalue weighted by molar-refractivity contribution is 0.0834. The third kappa shape index (κ3) is 6.64. The number of nitrogens with zero attached hydrogens (tertiary/aromatic N) is 4. The average Bonchev–Trinajstić information content (AvgIpc) is 3.64. The second-order valence-electron chi connectivity index (χ2n) is 9.26. The van der Waals surface area contributed by atoms with E-state index in [1.165, 1.54) is 17.8 Å². The maximum absolute atomic E-state index is 14.2. The van der Waals surface area contributed by atoms with Crippen molar-refractivity contribution in [1.29, 1.82) is 0 Å². The van der Waals surface area contributed by atoms with Gasteiger partial charge < -0.3 is 29.0 Å². The van der Waals surface area contributed by atoms with Crippen LogP contribution in [0.15, 0.2) is 52.0 Å². The highest BCUT2D eigenvalue weighted by molar-refractivity contribution is 7.98. The molecule has 3 aromatic rings. The lowest BCUT2D eigenvalue weighted by atomic mass is 10.2. The predicted molar refractivity (Wildman–Crippen MR) is 143 cm³/mol. The molecular formula is C27H32FN5O4S. The summed E-state index contributed by atoms with van der Waals surface area (Å²) in [5, 5.41) is 3.48. The molecule has 1 N–H and O–H groups in total. The van der Waals surface area contributed by atoms with Crippen molar-refractivity contribution in [1.82, 2.24) is 15.3 Å². The molecule has 9 nitrogen and oxygen atoms in total. The smallest absolute Gasteiger partial charge is 0.287 e. The Hall–Kier alpha value is -3.15. The summed E-state index contributed by atoms with van der Waals surface area (Å²) in [6.07, 6.45) is 2.07. The van der Waals surface area contributed by atoms with E-state index in [2.05, 4.69) is 20.1 Å². The number of hydrogen-bond donors (Lipinski definition) is 1. The van der Waals surface area contributed by atoms with Gasteiger partial charge in [0.2, 0.25) is 0 Å². The molecule has 1 unspecified atom stereocenters. The van der Waals surface area contributed by atoms with Gasteiger partial charge in [0.25, 0.3) is 5.91 Å². The van der Waals surface area contributed by atoms with Crippen molar-refractivity contribution in [2.75, 3.05) is 56.2 Å². The van der Waals surface area contributed by atoms with Crippen LogP contribution in [0.2, 0.25) is 0 Å². The summed E-state index contributed by atoms with van der Waals surface area (Å²) in [6.45, 7) is 4.42. The number of nitrogens with one attached hydrogen (secondary N) is 1. The van der Waals surface area contributed by atoms with Crippen molar-refractivity contribution >= 4 is 29.2 Å². The van der Waals surface area contributed by atoms with E-state index < -0.39 is 0 Å². The van der Waals surface area contributed by atoms with Crippen molar-refractivity contribution in [2.24, 2.45) is 0 Å². The zero-order valence-corrected chi connectivity index (χ0v) is 22.2. The van der Waals surface area contributed by atoms with Gasteiger partial charge in [-0.2, -0.15) is 0 Å². The molecule has 0 aliphatic carbocycles. The number of thioether (sulfide) groups is 1. The second-order valence-corrected chi connectivity index (χ2v) is 10.2. The van der Waals surface area contributed by atoms with Crippen molar-refractivity contribution < 1.29 is 23.1 Å². The summed E-state index contributed by atoms with van der Waals surface area (Å²) in [7, 11) is 1.63. The number of anilines is 2. The average molecular weight is 542 g/mol. The van der Waals surface area contributed by atoms with Gasteiger partial charge in [-0.1, -0.05) is 23.9 Å². The highest BCUT2D eigenvalue weighted by Gasteiger charge is 2.22. The van der Waals surface area contributed by atoms with Gasteiger partial charge in [-0.3, -0.25) is 4.79 Å². The number of furan rings is 1. The first kappa shape index (κ1) is 26.5. The Morgan fingerprint density at radius 1 is 1.16 bits per heavy atom. The minimum absolute atomic E-state index is 0.0807. The molecule has 2 saturated heterocycles. The van der Waals surface area contributed by atoms with Gasteiger partial charge in [0.1, 0.15) is 17.4 Å². The van der Waals surface area contributed by atoms with E-state index in [1.54, 1.807) is 25.3 Å². The first-order valence-electron chi connectivity index (χ1n) is 12.8. The number of rotatable bonds is 10. The van der Waals surface area contributed by atoms with Crippen LogP contribution in [-0.4, -0.2) is 68.4 Å². The van der Waals surface area contributed by atoms with E-state index in [-0.39, 0.29) is 23.6 Å². The molecule has 2 aliphatic heterocycles. The van der Waals surface area contributed by atoms with Gasteiger partial charge in [0.15, 0.2) is 10.9 Å². The molecule has 0 saturated carbocycles. The van der Waals surface area contributed by atoms with Crippen molar-refractivity contribution in [2.45, 2.75) is 36.5 Å². The maximum Gasteiger partial charge on any atom is 0.287 e. The standard InChI is InChI=1S/C27H32FN5O4S/c1-35-17-19-15-25(33-12-10-32(11-13-33)23-7-3-2-6-22(23)28)31-27(30-19)38-18-21-8-9-24(37-21)26(34)29-16-20-5-4-14-36-20/h2-3,6-9,15,20H,4-5,10-14,16-18H2,1H3,(H,29,34). The summed E-state index contributed by atoms with van der Waals surface area (Å²) in [5.74, 6) is 1.79. The number of piperazine rings is 1. The molecule has 5 rings (SSSR count). The normalized spacial score (nSPS) is 17.7. The SMILES string of the molecule is COCc1cc(N2CCN(c3ccccc3F)CC2)nc(SCc2ccc(C(=O)NCC3CCCO3)o2)n1. The molecule has 2 fully saturated rings. The molecule has 11 heteroatoms. The summed E-state index contributed by atoms with van der Waals surface area (Å²) >= 11 is 1.44. The third-order valence-electron chi connectivity index (χ3n) is 6.58. The second kappa shape index (κ2) is 12.6. The minimum Gasteiger partial charge on any atom is -0.455 e. The molecule has 1 amide bonds. The monoisotopic (exact) mass is 541 g/mol. The van der Waals surface area contributed by atoms with Crippen LogP contribution < -0.4 is 15.1 Å². The summed E-state index contributed by atoms with van der Waals surface area (Å²) < 4.78 is 30.9. The topological polar surface area (TPSA) is 93.0 Å². The first-order valence-corrected chi connectivity index (χ1v) is 13.8. The molecule has 202 valence electrons. The van der Waals surface area contributed by atoms with Gasteiger partial charge in [-0.15, -0.1) is 0 Å². The third-order valence-corrected chi connectivity index (χ3v) is 7.45. The number of halogens is 1. The molecule has 2 aromatic heterocycles. The fourth-order valence-electron chi connectivity index (χ4n) is 4.60. The number of ether oxygens (including phenoxy) is 2. The summed E-state index contributed by atoms with van der Waals surface area (Å²) in [6, 6.07) is 12.3. The number of aromatic nitrogens is 2. The van der Waals surface area contributed by atoms with Crippen LogP contribution in [0, 0.1) is 5.82 Å². The predicted octanol–water partition coefficient (Wildman–Crippen LogP) is 3.88. The first-order chi connectivity index (χ1) is 18.6. The molecule has 0 radical (unpaired) electrons. The zero-order valence-electron chi connectivity index (χ0n) is 21.4. The Morgan fingerprint density at radius 2 is 1.97 bits per heavy atom. The van der Waals surface area contributed by atoms with E-state index >= 15 is 0 Å². The maximum atomic E-state index is 14.2. The fourth-order valence-corrected chi connectivity index (χ4v) is 5.37. The highest BCUT2D eigenvalue weighted by Crippen LogP contribution is 2.26. The van der Waals surface area contributed by atoms with Crippen LogP contribution in [0.1, 0.15) is 34.9 Å². The van der Waals surface area contributed by atoms with Crippen LogP contribution in [0.25, 0.3) is 0 Å². The summed E-state index contributed by atoms with van der Waals surface area (Å²) in [5.41, 5.74) is 1.41. The van der Waals surface area contributed by atoms with Crippen LogP contribution in [-0.2, 0) is 21.8 Å². The Labute approximate surface area is 225 Å². The van der Waals surface area contributed by atoms with Gasteiger partial charge in [-0.05, 0) is 37.1 Å². The highest BCUT2D eigenvalue weighted by atomic mass is 32.2. The van der Waals surface area contributed by atoms with Crippen molar-refractivity contribution in [3.05, 3.63) is 65.5 Å². The molecular weight excluding hydrogens is 509 g/mol. The van der Waals surface area contributed by atoms with Crippen LogP contribution >= 0.6 is 11.8 Å². The Balaban J connectivity index is 1.19. The number of carbonyl (C=O) groups excluding carboxylic acids is 1. The lowest BCUT2D eigenvalue weighted by Gasteiger charge is -2.37. The van der Waals surface area contributed by atoms with E-state index in [9.17, 15) is 9.18 Å². The molecule has 38 heavy (non-hydrogen) atoms. The molecule has 0 spiro atoms. The van der Waals surface area contributed by atoms with E-state index in [0.717, 1.165) is 31.0 Å². The van der Waals surface area contributed by atoms with Crippen molar-refractivity contribution in [3.8, 4) is 0 Å². The van der Waals surface area contributed by atoms with Gasteiger partial charge in [-0.25, -0.2) is 14.4 Å². The molecule has 4 heterocycles.